The van der Waals surface area contributed by atoms with E-state index in [1.54, 1.807) is 13.8 Å². The normalized spacial score (nSPS) is 11.4. The van der Waals surface area contributed by atoms with Crippen LogP contribution in [0.15, 0.2) is 30.5 Å². The SMILES string of the molecule is COc1ccc(CNC(=O)c2c(C(F)(F)F)ccnc2OC(C)C)cc1F. The molecule has 0 saturated heterocycles. The third kappa shape index (κ3) is 5.08. The van der Waals surface area contributed by atoms with Crippen molar-refractivity contribution in [1.29, 1.82) is 0 Å². The van der Waals surface area contributed by atoms with Gasteiger partial charge in [0.1, 0.15) is 5.56 Å². The molecule has 0 atom stereocenters. The average Bonchev–Trinajstić information content (AvgIpc) is 2.58. The smallest absolute Gasteiger partial charge is 0.417 e. The van der Waals surface area contributed by atoms with Gasteiger partial charge in [-0.25, -0.2) is 9.37 Å². The molecule has 0 aliphatic heterocycles. The second-order valence-corrected chi connectivity index (χ2v) is 5.85. The van der Waals surface area contributed by atoms with Crippen molar-refractivity contribution >= 4 is 5.91 Å². The van der Waals surface area contributed by atoms with Gasteiger partial charge in [-0.1, -0.05) is 6.07 Å². The number of alkyl halides is 3. The van der Waals surface area contributed by atoms with Crippen LogP contribution in [0.25, 0.3) is 0 Å². The van der Waals surface area contributed by atoms with Crippen molar-refractivity contribution in [2.24, 2.45) is 0 Å². The predicted octanol–water partition coefficient (Wildman–Crippen LogP) is 3.97. The number of hydrogen-bond donors (Lipinski definition) is 1. The number of ether oxygens (including phenoxy) is 2. The standard InChI is InChI=1S/C18H18F4N2O3/c1-10(2)27-17-15(12(6-7-23-17)18(20,21)22)16(25)24-9-11-4-5-14(26-3)13(19)8-11/h4-8,10H,9H2,1-3H3,(H,24,25). The number of halogens is 4. The number of rotatable bonds is 6. The molecule has 2 rings (SSSR count). The number of carbonyl (C=O) groups is 1. The van der Waals surface area contributed by atoms with Gasteiger partial charge >= 0.3 is 6.18 Å². The maximum atomic E-state index is 13.7. The number of amides is 1. The molecule has 9 heteroatoms. The molecule has 0 spiro atoms. The first-order valence-electron chi connectivity index (χ1n) is 7.97. The summed E-state index contributed by atoms with van der Waals surface area (Å²) in [5, 5.41) is 2.34. The van der Waals surface area contributed by atoms with Gasteiger partial charge in [-0.05, 0) is 37.6 Å². The lowest BCUT2D eigenvalue weighted by Gasteiger charge is -2.17. The summed E-state index contributed by atoms with van der Waals surface area (Å²) in [4.78, 5) is 16.2. The van der Waals surface area contributed by atoms with E-state index in [1.165, 1.54) is 19.2 Å². The van der Waals surface area contributed by atoms with Crippen LogP contribution in [0.4, 0.5) is 17.6 Å². The molecule has 27 heavy (non-hydrogen) atoms. The van der Waals surface area contributed by atoms with Crippen molar-refractivity contribution in [3.8, 4) is 11.6 Å². The van der Waals surface area contributed by atoms with E-state index in [2.05, 4.69) is 10.3 Å². The Morgan fingerprint density at radius 2 is 1.96 bits per heavy atom. The highest BCUT2D eigenvalue weighted by molar-refractivity contribution is 5.98. The van der Waals surface area contributed by atoms with E-state index >= 15 is 0 Å². The Bertz CT molecular complexity index is 823. The molecule has 0 fully saturated rings. The highest BCUT2D eigenvalue weighted by Crippen LogP contribution is 2.35. The first-order chi connectivity index (χ1) is 12.6. The molecule has 146 valence electrons. The molecular weight excluding hydrogens is 368 g/mol. The zero-order valence-electron chi connectivity index (χ0n) is 14.9. The molecule has 0 unspecified atom stereocenters. The lowest BCUT2D eigenvalue weighted by molar-refractivity contribution is -0.138. The van der Waals surface area contributed by atoms with Crippen LogP contribution in [-0.4, -0.2) is 24.1 Å². The quantitative estimate of drug-likeness (QED) is 0.764. The Morgan fingerprint density at radius 3 is 2.52 bits per heavy atom. The molecule has 0 radical (unpaired) electrons. The minimum Gasteiger partial charge on any atom is -0.494 e. The fourth-order valence-corrected chi connectivity index (χ4v) is 2.30. The first-order valence-corrected chi connectivity index (χ1v) is 7.97. The van der Waals surface area contributed by atoms with Gasteiger partial charge < -0.3 is 14.8 Å². The van der Waals surface area contributed by atoms with Crippen molar-refractivity contribution in [2.45, 2.75) is 32.7 Å². The fourth-order valence-electron chi connectivity index (χ4n) is 2.30. The van der Waals surface area contributed by atoms with Gasteiger partial charge in [0.25, 0.3) is 5.91 Å². The molecule has 0 saturated carbocycles. The number of methoxy groups -OCH3 is 1. The molecule has 0 aliphatic rings. The first kappa shape index (κ1) is 20.5. The third-order valence-electron chi connectivity index (χ3n) is 3.47. The molecule has 1 amide bonds. The van der Waals surface area contributed by atoms with E-state index in [-0.39, 0.29) is 12.3 Å². The molecular formula is C18H18F4N2O3. The molecule has 0 aliphatic carbocycles. The lowest BCUT2D eigenvalue weighted by atomic mass is 10.1. The monoisotopic (exact) mass is 386 g/mol. The molecule has 1 N–H and O–H groups in total. The topological polar surface area (TPSA) is 60.5 Å². The van der Waals surface area contributed by atoms with Gasteiger partial charge in [0.2, 0.25) is 5.88 Å². The maximum Gasteiger partial charge on any atom is 0.417 e. The fraction of sp³-hybridized carbons (Fsp3) is 0.333. The summed E-state index contributed by atoms with van der Waals surface area (Å²) in [5.74, 6) is -2.07. The van der Waals surface area contributed by atoms with E-state index in [4.69, 9.17) is 9.47 Å². The Labute approximate surface area is 153 Å². The van der Waals surface area contributed by atoms with Crippen molar-refractivity contribution in [3.05, 3.63) is 53.0 Å². The second kappa shape index (κ2) is 8.24. The van der Waals surface area contributed by atoms with Crippen LogP contribution < -0.4 is 14.8 Å². The van der Waals surface area contributed by atoms with Gasteiger partial charge in [0.05, 0.1) is 18.8 Å². The largest absolute Gasteiger partial charge is 0.494 e. The molecule has 5 nitrogen and oxygen atoms in total. The Kier molecular flexibility index (Phi) is 6.24. The number of hydrogen-bond acceptors (Lipinski definition) is 4. The molecule has 2 aromatic rings. The van der Waals surface area contributed by atoms with Gasteiger partial charge in [0.15, 0.2) is 11.6 Å². The maximum absolute atomic E-state index is 13.7. The summed E-state index contributed by atoms with van der Waals surface area (Å²) in [7, 11) is 1.30. The average molecular weight is 386 g/mol. The summed E-state index contributed by atoms with van der Waals surface area (Å²) in [6, 6.07) is 4.67. The summed E-state index contributed by atoms with van der Waals surface area (Å²) in [5.41, 5.74) is -1.52. The van der Waals surface area contributed by atoms with E-state index in [0.29, 0.717) is 11.6 Å². The lowest BCUT2D eigenvalue weighted by Crippen LogP contribution is -2.27. The number of aromatic nitrogens is 1. The number of carbonyl (C=O) groups excluding carboxylic acids is 1. The Balaban J connectivity index is 2.30. The van der Waals surface area contributed by atoms with Crippen LogP contribution in [0.2, 0.25) is 0 Å². The summed E-state index contributed by atoms with van der Waals surface area (Å²) < 4.78 is 63.6. The molecule has 1 heterocycles. The highest BCUT2D eigenvalue weighted by atomic mass is 19.4. The minimum atomic E-state index is -4.77. The van der Waals surface area contributed by atoms with Gasteiger partial charge in [-0.2, -0.15) is 13.2 Å². The van der Waals surface area contributed by atoms with Crippen molar-refractivity contribution in [1.82, 2.24) is 10.3 Å². The Morgan fingerprint density at radius 1 is 1.26 bits per heavy atom. The summed E-state index contributed by atoms with van der Waals surface area (Å²) in [6.45, 7) is 3.01. The van der Waals surface area contributed by atoms with Crippen LogP contribution >= 0.6 is 0 Å². The molecule has 0 bridgehead atoms. The minimum absolute atomic E-state index is 0.0179. The number of nitrogens with zero attached hydrogens (tertiary/aromatic N) is 1. The van der Waals surface area contributed by atoms with Gasteiger partial charge in [-0.3, -0.25) is 4.79 Å². The predicted molar refractivity (Wildman–Crippen MR) is 89.1 cm³/mol. The number of benzene rings is 1. The second-order valence-electron chi connectivity index (χ2n) is 5.85. The summed E-state index contributed by atoms with van der Waals surface area (Å²) >= 11 is 0. The van der Waals surface area contributed by atoms with Crippen molar-refractivity contribution in [3.63, 3.8) is 0 Å². The van der Waals surface area contributed by atoms with Crippen LogP contribution in [0.5, 0.6) is 11.6 Å². The van der Waals surface area contributed by atoms with Crippen LogP contribution in [0, 0.1) is 5.82 Å². The zero-order valence-corrected chi connectivity index (χ0v) is 14.9. The van der Waals surface area contributed by atoms with Gasteiger partial charge in [0, 0.05) is 12.7 Å². The van der Waals surface area contributed by atoms with Crippen molar-refractivity contribution in [2.75, 3.05) is 7.11 Å². The van der Waals surface area contributed by atoms with E-state index < -0.39 is 41.0 Å². The van der Waals surface area contributed by atoms with Gasteiger partial charge in [-0.15, -0.1) is 0 Å². The van der Waals surface area contributed by atoms with E-state index in [9.17, 15) is 22.4 Å². The number of pyridine rings is 1. The van der Waals surface area contributed by atoms with E-state index in [0.717, 1.165) is 12.3 Å². The van der Waals surface area contributed by atoms with E-state index in [1.807, 2.05) is 0 Å². The van der Waals surface area contributed by atoms with Crippen molar-refractivity contribution < 1.29 is 31.8 Å². The number of nitrogens with one attached hydrogen (secondary N) is 1. The zero-order chi connectivity index (χ0) is 20.2. The molecule has 1 aromatic carbocycles. The van der Waals surface area contributed by atoms with Crippen LogP contribution in [0.1, 0.15) is 35.3 Å². The highest BCUT2D eigenvalue weighted by Gasteiger charge is 2.37. The Hall–Kier alpha value is -2.84. The third-order valence-corrected chi connectivity index (χ3v) is 3.47. The van der Waals surface area contributed by atoms with Crippen LogP contribution in [-0.2, 0) is 12.7 Å². The summed E-state index contributed by atoms with van der Waals surface area (Å²) in [6.07, 6.45) is -4.32. The van der Waals surface area contributed by atoms with Crippen LogP contribution in [0.3, 0.4) is 0 Å². The molecule has 1 aromatic heterocycles.